The molecule has 2 atom stereocenters. The molecule has 0 bridgehead atoms. The number of rotatable bonds is 9. The van der Waals surface area contributed by atoms with Crippen molar-refractivity contribution in [3.63, 3.8) is 0 Å². The monoisotopic (exact) mass is 638 g/mol. The lowest BCUT2D eigenvalue weighted by molar-refractivity contribution is 0.122. The van der Waals surface area contributed by atoms with Crippen LogP contribution in [-0.2, 0) is 36.8 Å². The minimum absolute atomic E-state index is 0.0615. The second kappa shape index (κ2) is 12.7. The van der Waals surface area contributed by atoms with Gasteiger partial charge in [0.05, 0.1) is 21.3 Å². The van der Waals surface area contributed by atoms with E-state index < -0.39 is 0 Å². The zero-order chi connectivity index (χ0) is 33.5. The van der Waals surface area contributed by atoms with Crippen molar-refractivity contribution in [2.24, 2.45) is 0 Å². The van der Waals surface area contributed by atoms with E-state index in [0.29, 0.717) is 29.4 Å². The molecule has 8 nitrogen and oxygen atoms in total. The van der Waals surface area contributed by atoms with Crippen molar-refractivity contribution in [2.45, 2.75) is 50.6 Å². The van der Waals surface area contributed by atoms with Gasteiger partial charge in [-0.2, -0.15) is 0 Å². The number of nitrogens with zero attached hydrogens (tertiary/aromatic N) is 2. The SMILES string of the molecule is COc1cc2c(cc1OC)[C@@](C)(Cc1ccc(O)c(Oc3cc4c(cc3OC)CCN(C)[C@]4(C)Cc3ccc(O)cc3)c1)N(C)CC2. The third-order valence-corrected chi connectivity index (χ3v) is 10.6. The molecule has 0 saturated heterocycles. The second-order valence-corrected chi connectivity index (χ2v) is 13.3. The van der Waals surface area contributed by atoms with Crippen molar-refractivity contribution < 1.29 is 29.2 Å². The molecule has 4 aromatic carbocycles. The molecule has 2 aliphatic rings. The predicted molar refractivity (Wildman–Crippen MR) is 184 cm³/mol. The fourth-order valence-electron chi connectivity index (χ4n) is 7.40. The van der Waals surface area contributed by atoms with Gasteiger partial charge in [-0.25, -0.2) is 0 Å². The van der Waals surface area contributed by atoms with Crippen LogP contribution in [0.3, 0.4) is 0 Å². The van der Waals surface area contributed by atoms with Crippen LogP contribution < -0.4 is 18.9 Å². The lowest BCUT2D eigenvalue weighted by Gasteiger charge is -2.45. The number of ether oxygens (including phenoxy) is 4. The standard InChI is InChI=1S/C39H46N2O6/c1-38(23-25-8-11-29(42)12-9-25)31-22-37(35(45-6)20-28(31)15-16-40(38)3)47-33-18-26(10-13-32(33)43)24-39(2)30-21-36(46-7)34(44-5)19-27(30)14-17-41(39)4/h8-13,18-22,42-43H,14-17,23-24H2,1-7H3/t38-,39-/m1/s1. The summed E-state index contributed by atoms with van der Waals surface area (Å²) in [4.78, 5) is 4.76. The van der Waals surface area contributed by atoms with Gasteiger partial charge >= 0.3 is 0 Å². The van der Waals surface area contributed by atoms with E-state index in [2.05, 4.69) is 62.0 Å². The summed E-state index contributed by atoms with van der Waals surface area (Å²) in [6.45, 7) is 6.31. The molecule has 0 aliphatic carbocycles. The van der Waals surface area contributed by atoms with E-state index in [1.807, 2.05) is 24.3 Å². The van der Waals surface area contributed by atoms with Crippen molar-refractivity contribution in [1.82, 2.24) is 9.80 Å². The van der Waals surface area contributed by atoms with Gasteiger partial charge in [-0.05, 0) is 136 Å². The highest BCUT2D eigenvalue weighted by Crippen LogP contribution is 2.46. The molecule has 0 saturated carbocycles. The fourth-order valence-corrected chi connectivity index (χ4v) is 7.40. The first kappa shape index (κ1) is 32.5. The van der Waals surface area contributed by atoms with Crippen LogP contribution in [0, 0.1) is 0 Å². The van der Waals surface area contributed by atoms with Gasteiger partial charge in [-0.3, -0.25) is 9.80 Å². The van der Waals surface area contributed by atoms with Crippen LogP contribution in [0.4, 0.5) is 0 Å². The van der Waals surface area contributed by atoms with Gasteiger partial charge in [-0.1, -0.05) is 18.2 Å². The van der Waals surface area contributed by atoms with Crippen molar-refractivity contribution in [3.8, 4) is 40.2 Å². The Morgan fingerprint density at radius 3 is 1.62 bits per heavy atom. The van der Waals surface area contributed by atoms with E-state index in [1.54, 1.807) is 39.5 Å². The summed E-state index contributed by atoms with van der Waals surface area (Å²) in [5.41, 5.74) is 6.33. The number of aromatic hydroxyl groups is 2. The maximum Gasteiger partial charge on any atom is 0.169 e. The lowest BCUT2D eigenvalue weighted by atomic mass is 9.78. The van der Waals surface area contributed by atoms with Crippen LogP contribution in [0.15, 0.2) is 66.7 Å². The normalized spacial score (nSPS) is 21.1. The third kappa shape index (κ3) is 5.96. The summed E-state index contributed by atoms with van der Waals surface area (Å²) >= 11 is 0. The smallest absolute Gasteiger partial charge is 0.169 e. The molecule has 2 N–H and O–H groups in total. The molecule has 2 heterocycles. The molecule has 248 valence electrons. The average molecular weight is 639 g/mol. The van der Waals surface area contributed by atoms with Crippen LogP contribution in [0.2, 0.25) is 0 Å². The van der Waals surface area contributed by atoms with Crippen molar-refractivity contribution >= 4 is 0 Å². The molecule has 0 aromatic heterocycles. The second-order valence-electron chi connectivity index (χ2n) is 13.3. The Kier molecular flexibility index (Phi) is 8.76. The Bertz CT molecular complexity index is 1770. The van der Waals surface area contributed by atoms with Gasteiger partial charge in [0, 0.05) is 24.2 Å². The van der Waals surface area contributed by atoms with Gasteiger partial charge in [0.15, 0.2) is 34.5 Å². The first-order valence-electron chi connectivity index (χ1n) is 16.2. The Morgan fingerprint density at radius 2 is 1.06 bits per heavy atom. The first-order chi connectivity index (χ1) is 22.5. The average Bonchev–Trinajstić information content (AvgIpc) is 3.07. The predicted octanol–water partition coefficient (Wildman–Crippen LogP) is 6.81. The largest absolute Gasteiger partial charge is 0.508 e. The summed E-state index contributed by atoms with van der Waals surface area (Å²) in [7, 11) is 9.29. The van der Waals surface area contributed by atoms with Crippen molar-refractivity contribution in [1.29, 1.82) is 0 Å². The Morgan fingerprint density at radius 1 is 0.596 bits per heavy atom. The third-order valence-electron chi connectivity index (χ3n) is 10.6. The summed E-state index contributed by atoms with van der Waals surface area (Å²) in [6.07, 6.45) is 3.26. The van der Waals surface area contributed by atoms with Crippen LogP contribution in [-0.4, -0.2) is 68.5 Å². The highest BCUT2D eigenvalue weighted by Gasteiger charge is 2.39. The number of likely N-dealkylation sites (N-methyl/N-ethyl adjacent to an activating group) is 2. The van der Waals surface area contributed by atoms with E-state index in [-0.39, 0.29) is 22.6 Å². The Labute approximate surface area is 278 Å². The van der Waals surface area contributed by atoms with E-state index in [0.717, 1.165) is 54.8 Å². The fraction of sp³-hybridized carbons (Fsp3) is 0.385. The number of benzene rings is 4. The summed E-state index contributed by atoms with van der Waals surface area (Å²) in [5.74, 6) is 3.32. The summed E-state index contributed by atoms with van der Waals surface area (Å²) in [6, 6.07) is 21.4. The highest BCUT2D eigenvalue weighted by atomic mass is 16.5. The van der Waals surface area contributed by atoms with Gasteiger partial charge in [0.2, 0.25) is 0 Å². The molecule has 8 heteroatoms. The van der Waals surface area contributed by atoms with E-state index in [4.69, 9.17) is 18.9 Å². The number of fused-ring (bicyclic) bond motifs is 2. The molecule has 0 unspecified atom stereocenters. The molecule has 0 fully saturated rings. The maximum absolute atomic E-state index is 11.0. The Balaban J connectivity index is 1.35. The van der Waals surface area contributed by atoms with Crippen LogP contribution >= 0.6 is 0 Å². The van der Waals surface area contributed by atoms with Gasteiger partial charge in [-0.15, -0.1) is 0 Å². The number of hydrogen-bond donors (Lipinski definition) is 2. The number of phenols is 2. The molecule has 6 rings (SSSR count). The molecule has 4 aromatic rings. The molecule has 0 spiro atoms. The summed E-state index contributed by atoms with van der Waals surface area (Å²) < 4.78 is 23.7. The zero-order valence-electron chi connectivity index (χ0n) is 28.5. The Hall–Kier alpha value is -4.40. The van der Waals surface area contributed by atoms with Gasteiger partial charge < -0.3 is 29.2 Å². The topological polar surface area (TPSA) is 83.9 Å². The maximum atomic E-state index is 11.0. The first-order valence-corrected chi connectivity index (χ1v) is 16.2. The molecular weight excluding hydrogens is 592 g/mol. The minimum Gasteiger partial charge on any atom is -0.508 e. The van der Waals surface area contributed by atoms with Gasteiger partial charge in [0.1, 0.15) is 5.75 Å². The van der Waals surface area contributed by atoms with Crippen LogP contribution in [0.1, 0.15) is 47.2 Å². The van der Waals surface area contributed by atoms with E-state index >= 15 is 0 Å². The summed E-state index contributed by atoms with van der Waals surface area (Å²) in [5, 5.41) is 20.9. The lowest BCUT2D eigenvalue weighted by Crippen LogP contribution is -2.47. The van der Waals surface area contributed by atoms with Crippen molar-refractivity contribution in [3.05, 3.63) is 100 Å². The van der Waals surface area contributed by atoms with Crippen molar-refractivity contribution in [2.75, 3.05) is 48.5 Å². The highest BCUT2D eigenvalue weighted by molar-refractivity contribution is 5.55. The zero-order valence-corrected chi connectivity index (χ0v) is 28.5. The molecule has 2 aliphatic heterocycles. The quantitative estimate of drug-likeness (QED) is 0.207. The van der Waals surface area contributed by atoms with Crippen LogP contribution in [0.5, 0.6) is 40.2 Å². The number of hydrogen-bond acceptors (Lipinski definition) is 8. The molecule has 0 amide bonds. The minimum atomic E-state index is -0.328. The van der Waals surface area contributed by atoms with E-state index in [1.165, 1.54) is 16.7 Å². The number of methoxy groups -OCH3 is 3. The van der Waals surface area contributed by atoms with E-state index in [9.17, 15) is 10.2 Å². The molecule has 0 radical (unpaired) electrons. The number of phenolic OH excluding ortho intramolecular Hbond substituents is 2. The van der Waals surface area contributed by atoms with Crippen LogP contribution in [0.25, 0.3) is 0 Å². The molecule has 47 heavy (non-hydrogen) atoms. The molecular formula is C39H46N2O6. The van der Waals surface area contributed by atoms with Gasteiger partial charge in [0.25, 0.3) is 0 Å².